The Balaban J connectivity index is 1.55. The van der Waals surface area contributed by atoms with Crippen LogP contribution >= 0.6 is 11.3 Å². The Morgan fingerprint density at radius 1 is 1.24 bits per heavy atom. The van der Waals surface area contributed by atoms with Gasteiger partial charge in [0.2, 0.25) is 5.91 Å². The van der Waals surface area contributed by atoms with Gasteiger partial charge >= 0.3 is 0 Å². The molecule has 1 amide bonds. The van der Waals surface area contributed by atoms with Gasteiger partial charge in [0.25, 0.3) is 0 Å². The van der Waals surface area contributed by atoms with Crippen LogP contribution in [0.2, 0.25) is 0 Å². The molecule has 3 rings (SSSR count). The van der Waals surface area contributed by atoms with Crippen LogP contribution in [0.25, 0.3) is 0 Å². The molecule has 0 spiro atoms. The van der Waals surface area contributed by atoms with Gasteiger partial charge in [0, 0.05) is 26.2 Å². The van der Waals surface area contributed by atoms with Gasteiger partial charge in [-0.3, -0.25) is 4.79 Å². The molecule has 21 heavy (non-hydrogen) atoms. The molecule has 0 radical (unpaired) electrons. The van der Waals surface area contributed by atoms with Crippen molar-refractivity contribution in [3.63, 3.8) is 0 Å². The lowest BCUT2D eigenvalue weighted by Gasteiger charge is -2.35. The minimum Gasteiger partial charge on any atom is -0.397 e. The molecule has 3 heterocycles. The van der Waals surface area contributed by atoms with Gasteiger partial charge in [-0.05, 0) is 34.5 Å². The summed E-state index contributed by atoms with van der Waals surface area (Å²) in [5.41, 5.74) is 7.42. The fraction of sp³-hybridized carbons (Fsp3) is 0.333. The fourth-order valence-electron chi connectivity index (χ4n) is 2.45. The van der Waals surface area contributed by atoms with Crippen LogP contribution in [0.1, 0.15) is 5.56 Å². The molecule has 0 aromatic carbocycles. The summed E-state index contributed by atoms with van der Waals surface area (Å²) >= 11 is 1.63. The third-order valence-corrected chi connectivity index (χ3v) is 4.39. The van der Waals surface area contributed by atoms with Crippen LogP contribution in [0.5, 0.6) is 0 Å². The Kier molecular flexibility index (Phi) is 4.06. The van der Waals surface area contributed by atoms with Gasteiger partial charge in [-0.1, -0.05) is 0 Å². The first-order valence-electron chi connectivity index (χ1n) is 6.98. The van der Waals surface area contributed by atoms with Gasteiger partial charge in [0.1, 0.15) is 5.82 Å². The molecule has 2 aromatic rings. The Hall–Kier alpha value is -2.08. The van der Waals surface area contributed by atoms with Crippen molar-refractivity contribution in [1.29, 1.82) is 0 Å². The number of carbonyl (C=O) groups excluding carboxylic acids is 1. The quantitative estimate of drug-likeness (QED) is 0.936. The van der Waals surface area contributed by atoms with Crippen molar-refractivity contribution in [2.75, 3.05) is 36.8 Å². The van der Waals surface area contributed by atoms with Crippen molar-refractivity contribution >= 4 is 28.7 Å². The van der Waals surface area contributed by atoms with Crippen LogP contribution in [0.15, 0.2) is 35.2 Å². The Morgan fingerprint density at radius 3 is 2.67 bits per heavy atom. The summed E-state index contributed by atoms with van der Waals surface area (Å²) in [6.07, 6.45) is 2.17. The molecule has 0 aliphatic carbocycles. The molecular weight excluding hydrogens is 284 g/mol. The van der Waals surface area contributed by atoms with E-state index in [0.717, 1.165) is 37.6 Å². The number of aromatic nitrogens is 1. The number of nitrogen functional groups attached to an aromatic ring is 1. The molecule has 0 saturated carbocycles. The van der Waals surface area contributed by atoms with E-state index in [1.165, 1.54) is 0 Å². The first-order valence-corrected chi connectivity index (χ1v) is 7.92. The van der Waals surface area contributed by atoms with Crippen LogP contribution < -0.4 is 10.6 Å². The minimum absolute atomic E-state index is 0.207. The highest BCUT2D eigenvalue weighted by atomic mass is 32.1. The Bertz CT molecular complexity index is 589. The first kappa shape index (κ1) is 13.9. The Morgan fingerprint density at radius 2 is 2.05 bits per heavy atom. The molecule has 0 atom stereocenters. The standard InChI is InChI=1S/C15H18N4OS/c16-13-1-2-14(17-10-13)18-4-6-19(7-5-18)15(20)9-12-3-8-21-11-12/h1-3,8,10-11H,4-7,9,16H2. The zero-order valence-electron chi connectivity index (χ0n) is 11.7. The maximum absolute atomic E-state index is 12.2. The molecule has 2 aromatic heterocycles. The lowest BCUT2D eigenvalue weighted by atomic mass is 10.2. The van der Waals surface area contributed by atoms with Crippen molar-refractivity contribution in [3.05, 3.63) is 40.7 Å². The van der Waals surface area contributed by atoms with Crippen molar-refractivity contribution in [3.8, 4) is 0 Å². The van der Waals surface area contributed by atoms with Crippen molar-refractivity contribution in [2.24, 2.45) is 0 Å². The van der Waals surface area contributed by atoms with E-state index < -0.39 is 0 Å². The van der Waals surface area contributed by atoms with E-state index in [0.29, 0.717) is 12.1 Å². The molecule has 1 saturated heterocycles. The highest BCUT2D eigenvalue weighted by molar-refractivity contribution is 7.07. The number of nitrogens with two attached hydrogens (primary N) is 1. The zero-order chi connectivity index (χ0) is 14.7. The second kappa shape index (κ2) is 6.13. The summed E-state index contributed by atoms with van der Waals surface area (Å²) in [7, 11) is 0. The lowest BCUT2D eigenvalue weighted by molar-refractivity contribution is -0.130. The summed E-state index contributed by atoms with van der Waals surface area (Å²) in [6, 6.07) is 5.80. The summed E-state index contributed by atoms with van der Waals surface area (Å²) in [5, 5.41) is 4.04. The second-order valence-electron chi connectivity index (χ2n) is 5.13. The molecule has 5 nitrogen and oxygen atoms in total. The zero-order valence-corrected chi connectivity index (χ0v) is 12.6. The number of pyridine rings is 1. The number of anilines is 2. The highest BCUT2D eigenvalue weighted by Crippen LogP contribution is 2.15. The third kappa shape index (κ3) is 3.33. The number of piperazine rings is 1. The fourth-order valence-corrected chi connectivity index (χ4v) is 3.12. The third-order valence-electron chi connectivity index (χ3n) is 3.66. The summed E-state index contributed by atoms with van der Waals surface area (Å²) in [6.45, 7) is 3.11. The van der Waals surface area contributed by atoms with Crippen molar-refractivity contribution in [1.82, 2.24) is 9.88 Å². The number of thiophene rings is 1. The average molecular weight is 302 g/mol. The van der Waals surface area contributed by atoms with Gasteiger partial charge in [-0.25, -0.2) is 4.98 Å². The number of amides is 1. The molecule has 2 N–H and O–H groups in total. The van der Waals surface area contributed by atoms with Gasteiger partial charge in [-0.2, -0.15) is 11.3 Å². The Labute approximate surface area is 128 Å². The molecule has 1 aliphatic rings. The van der Waals surface area contributed by atoms with Crippen molar-refractivity contribution < 1.29 is 4.79 Å². The van der Waals surface area contributed by atoms with Gasteiger partial charge in [0.15, 0.2) is 0 Å². The lowest BCUT2D eigenvalue weighted by Crippen LogP contribution is -2.49. The van der Waals surface area contributed by atoms with E-state index in [9.17, 15) is 4.79 Å². The first-order chi connectivity index (χ1) is 10.2. The summed E-state index contributed by atoms with van der Waals surface area (Å²) in [5.74, 6) is 1.13. The largest absolute Gasteiger partial charge is 0.397 e. The van der Waals surface area contributed by atoms with Crippen LogP contribution in [0, 0.1) is 0 Å². The molecule has 0 unspecified atom stereocenters. The van der Waals surface area contributed by atoms with E-state index in [-0.39, 0.29) is 5.91 Å². The molecule has 1 aliphatic heterocycles. The topological polar surface area (TPSA) is 62.5 Å². The van der Waals surface area contributed by atoms with E-state index in [1.807, 2.05) is 33.9 Å². The van der Waals surface area contributed by atoms with E-state index in [4.69, 9.17) is 5.73 Å². The minimum atomic E-state index is 0.207. The smallest absolute Gasteiger partial charge is 0.227 e. The van der Waals surface area contributed by atoms with Gasteiger partial charge in [-0.15, -0.1) is 0 Å². The molecule has 1 fully saturated rings. The molecule has 0 bridgehead atoms. The monoisotopic (exact) mass is 302 g/mol. The maximum atomic E-state index is 12.2. The molecule has 6 heteroatoms. The predicted octanol–water partition coefficient (Wildman–Crippen LogP) is 1.62. The maximum Gasteiger partial charge on any atom is 0.227 e. The van der Waals surface area contributed by atoms with E-state index in [1.54, 1.807) is 17.5 Å². The summed E-state index contributed by atoms with van der Waals surface area (Å²) in [4.78, 5) is 20.7. The van der Waals surface area contributed by atoms with Crippen LogP contribution in [0.3, 0.4) is 0 Å². The van der Waals surface area contributed by atoms with Crippen LogP contribution in [-0.2, 0) is 11.2 Å². The van der Waals surface area contributed by atoms with Crippen LogP contribution in [0.4, 0.5) is 11.5 Å². The number of rotatable bonds is 3. The number of hydrogen-bond donors (Lipinski definition) is 1. The van der Waals surface area contributed by atoms with E-state index in [2.05, 4.69) is 9.88 Å². The normalized spacial score (nSPS) is 15.2. The predicted molar refractivity (Wildman–Crippen MR) is 85.5 cm³/mol. The van der Waals surface area contributed by atoms with Gasteiger partial charge < -0.3 is 15.5 Å². The summed E-state index contributed by atoms with van der Waals surface area (Å²) < 4.78 is 0. The highest BCUT2D eigenvalue weighted by Gasteiger charge is 2.21. The molecular formula is C15H18N4OS. The molecule has 110 valence electrons. The van der Waals surface area contributed by atoms with Crippen molar-refractivity contribution in [2.45, 2.75) is 6.42 Å². The van der Waals surface area contributed by atoms with Crippen LogP contribution in [-0.4, -0.2) is 42.0 Å². The number of carbonyl (C=O) groups is 1. The van der Waals surface area contributed by atoms with Gasteiger partial charge in [0.05, 0.1) is 18.3 Å². The average Bonchev–Trinajstić information content (AvgIpc) is 3.01. The number of hydrogen-bond acceptors (Lipinski definition) is 5. The number of nitrogens with zero attached hydrogens (tertiary/aromatic N) is 3. The van der Waals surface area contributed by atoms with E-state index >= 15 is 0 Å². The SMILES string of the molecule is Nc1ccc(N2CCN(C(=O)Cc3ccsc3)CC2)nc1. The second-order valence-corrected chi connectivity index (χ2v) is 5.91.